The van der Waals surface area contributed by atoms with E-state index in [4.69, 9.17) is 0 Å². The van der Waals surface area contributed by atoms with Crippen LogP contribution in [0.1, 0.15) is 17.5 Å². The van der Waals surface area contributed by atoms with Crippen LogP contribution in [-0.4, -0.2) is 11.5 Å². The van der Waals surface area contributed by atoms with Crippen molar-refractivity contribution in [3.63, 3.8) is 0 Å². The highest BCUT2D eigenvalue weighted by Crippen LogP contribution is 2.29. The molecule has 3 rings (SSSR count). The highest BCUT2D eigenvalue weighted by Gasteiger charge is 2.10. The standard InChI is InChI=1S/C15H16N2/c1-11-10-16-8-6-14(11)12-4-5-15-13(9-12)3-2-7-17-15/h4-6,8-10,17H,2-3,7H2,1H3. The SMILES string of the molecule is Cc1cnccc1-c1ccc2c(c1)CCCN2. The molecule has 86 valence electrons. The van der Waals surface area contributed by atoms with Crippen LogP contribution < -0.4 is 5.32 Å². The summed E-state index contributed by atoms with van der Waals surface area (Å²) in [7, 11) is 0. The Labute approximate surface area is 102 Å². The number of benzene rings is 1. The molecule has 0 aliphatic carbocycles. The summed E-state index contributed by atoms with van der Waals surface area (Å²) in [5.74, 6) is 0. The van der Waals surface area contributed by atoms with Crippen LogP contribution in [0.3, 0.4) is 0 Å². The Morgan fingerprint density at radius 2 is 2.18 bits per heavy atom. The van der Waals surface area contributed by atoms with Gasteiger partial charge in [-0.1, -0.05) is 6.07 Å². The highest BCUT2D eigenvalue weighted by molar-refractivity contribution is 5.71. The van der Waals surface area contributed by atoms with Crippen LogP contribution in [0, 0.1) is 6.92 Å². The smallest absolute Gasteiger partial charge is 0.0373 e. The van der Waals surface area contributed by atoms with Crippen molar-refractivity contribution < 1.29 is 0 Å². The maximum atomic E-state index is 4.15. The summed E-state index contributed by atoms with van der Waals surface area (Å²) in [5, 5.41) is 3.44. The van der Waals surface area contributed by atoms with Crippen LogP contribution in [-0.2, 0) is 6.42 Å². The van der Waals surface area contributed by atoms with Crippen LogP contribution in [0.25, 0.3) is 11.1 Å². The number of aryl methyl sites for hydroxylation is 2. The van der Waals surface area contributed by atoms with E-state index < -0.39 is 0 Å². The third-order valence-electron chi connectivity index (χ3n) is 3.37. The van der Waals surface area contributed by atoms with E-state index in [2.05, 4.69) is 41.5 Å². The van der Waals surface area contributed by atoms with E-state index in [0.717, 1.165) is 6.54 Å². The molecule has 1 aromatic heterocycles. The molecule has 0 spiro atoms. The van der Waals surface area contributed by atoms with Crippen molar-refractivity contribution in [2.75, 3.05) is 11.9 Å². The number of nitrogens with zero attached hydrogens (tertiary/aromatic N) is 1. The van der Waals surface area contributed by atoms with Crippen LogP contribution in [0.5, 0.6) is 0 Å². The van der Waals surface area contributed by atoms with Gasteiger partial charge < -0.3 is 5.32 Å². The molecule has 1 aromatic carbocycles. The van der Waals surface area contributed by atoms with E-state index in [-0.39, 0.29) is 0 Å². The topological polar surface area (TPSA) is 24.9 Å². The van der Waals surface area contributed by atoms with Crippen LogP contribution in [0.2, 0.25) is 0 Å². The third-order valence-corrected chi connectivity index (χ3v) is 3.37. The zero-order valence-corrected chi connectivity index (χ0v) is 10.0. The Hall–Kier alpha value is -1.83. The van der Waals surface area contributed by atoms with Gasteiger partial charge in [-0.05, 0) is 60.2 Å². The molecular weight excluding hydrogens is 208 g/mol. The number of anilines is 1. The molecule has 0 amide bonds. The van der Waals surface area contributed by atoms with Gasteiger partial charge in [0.15, 0.2) is 0 Å². The van der Waals surface area contributed by atoms with Crippen LogP contribution >= 0.6 is 0 Å². The summed E-state index contributed by atoms with van der Waals surface area (Å²) in [6, 6.07) is 8.79. The quantitative estimate of drug-likeness (QED) is 0.803. The number of aromatic nitrogens is 1. The van der Waals surface area contributed by atoms with E-state index in [9.17, 15) is 0 Å². The fraction of sp³-hybridized carbons (Fsp3) is 0.267. The first-order chi connectivity index (χ1) is 8.34. The number of hydrogen-bond donors (Lipinski definition) is 1. The second-order valence-corrected chi connectivity index (χ2v) is 4.59. The van der Waals surface area contributed by atoms with E-state index in [1.165, 1.54) is 40.8 Å². The number of fused-ring (bicyclic) bond motifs is 1. The normalized spacial score (nSPS) is 13.9. The summed E-state index contributed by atoms with van der Waals surface area (Å²) in [6.45, 7) is 3.21. The van der Waals surface area contributed by atoms with Crippen molar-refractivity contribution in [1.82, 2.24) is 4.98 Å². The minimum atomic E-state index is 1.10. The number of pyridine rings is 1. The van der Waals surface area contributed by atoms with E-state index >= 15 is 0 Å². The van der Waals surface area contributed by atoms with Gasteiger partial charge in [-0.25, -0.2) is 0 Å². The maximum absolute atomic E-state index is 4.15. The minimum Gasteiger partial charge on any atom is -0.385 e. The van der Waals surface area contributed by atoms with E-state index in [0.29, 0.717) is 0 Å². The van der Waals surface area contributed by atoms with Gasteiger partial charge in [0.05, 0.1) is 0 Å². The van der Waals surface area contributed by atoms with Crippen molar-refractivity contribution in [1.29, 1.82) is 0 Å². The van der Waals surface area contributed by atoms with Crippen molar-refractivity contribution >= 4 is 5.69 Å². The van der Waals surface area contributed by atoms with Crippen LogP contribution in [0.4, 0.5) is 5.69 Å². The molecule has 0 saturated carbocycles. The number of rotatable bonds is 1. The second-order valence-electron chi connectivity index (χ2n) is 4.59. The summed E-state index contributed by atoms with van der Waals surface area (Å²) < 4.78 is 0. The Kier molecular flexibility index (Phi) is 2.56. The molecule has 2 heterocycles. The molecule has 0 bridgehead atoms. The fourth-order valence-electron chi connectivity index (χ4n) is 2.44. The molecule has 1 aliphatic rings. The zero-order valence-electron chi connectivity index (χ0n) is 10.0. The largest absolute Gasteiger partial charge is 0.385 e. The minimum absolute atomic E-state index is 1.10. The summed E-state index contributed by atoms with van der Waals surface area (Å²) in [5.41, 5.74) is 6.55. The molecule has 0 radical (unpaired) electrons. The van der Waals surface area contributed by atoms with E-state index in [1.807, 2.05) is 12.4 Å². The Balaban J connectivity index is 2.07. The lowest BCUT2D eigenvalue weighted by Crippen LogP contribution is -2.11. The predicted molar refractivity (Wildman–Crippen MR) is 71.2 cm³/mol. The third kappa shape index (κ3) is 1.91. The second kappa shape index (κ2) is 4.21. The summed E-state index contributed by atoms with van der Waals surface area (Å²) in [4.78, 5) is 4.15. The zero-order chi connectivity index (χ0) is 11.7. The molecule has 2 heteroatoms. The molecule has 1 aliphatic heterocycles. The van der Waals surface area contributed by atoms with Gasteiger partial charge in [-0.15, -0.1) is 0 Å². The van der Waals surface area contributed by atoms with Crippen molar-refractivity contribution in [2.24, 2.45) is 0 Å². The van der Waals surface area contributed by atoms with Crippen molar-refractivity contribution in [3.05, 3.63) is 47.8 Å². The van der Waals surface area contributed by atoms with Crippen molar-refractivity contribution in [2.45, 2.75) is 19.8 Å². The Bertz CT molecular complexity index is 546. The molecular formula is C15H16N2. The average molecular weight is 224 g/mol. The van der Waals surface area contributed by atoms with Gasteiger partial charge >= 0.3 is 0 Å². The first-order valence-electron chi connectivity index (χ1n) is 6.12. The molecule has 1 N–H and O–H groups in total. The first kappa shape index (κ1) is 10.3. The molecule has 0 fully saturated rings. The maximum Gasteiger partial charge on any atom is 0.0373 e. The van der Waals surface area contributed by atoms with Gasteiger partial charge in [0.2, 0.25) is 0 Å². The molecule has 2 aromatic rings. The lowest BCUT2D eigenvalue weighted by atomic mass is 9.96. The molecule has 0 saturated heterocycles. The average Bonchev–Trinajstić information content (AvgIpc) is 2.39. The Morgan fingerprint density at radius 1 is 1.24 bits per heavy atom. The van der Waals surface area contributed by atoms with Crippen LogP contribution in [0.15, 0.2) is 36.7 Å². The monoisotopic (exact) mass is 224 g/mol. The molecule has 0 unspecified atom stereocenters. The van der Waals surface area contributed by atoms with Gasteiger partial charge in [-0.2, -0.15) is 0 Å². The van der Waals surface area contributed by atoms with Gasteiger partial charge in [0.1, 0.15) is 0 Å². The summed E-state index contributed by atoms with van der Waals surface area (Å²) in [6.07, 6.45) is 6.19. The van der Waals surface area contributed by atoms with Gasteiger partial charge in [-0.3, -0.25) is 4.98 Å². The summed E-state index contributed by atoms with van der Waals surface area (Å²) >= 11 is 0. The van der Waals surface area contributed by atoms with Gasteiger partial charge in [0, 0.05) is 24.6 Å². The fourth-order valence-corrected chi connectivity index (χ4v) is 2.44. The predicted octanol–water partition coefficient (Wildman–Crippen LogP) is 3.42. The van der Waals surface area contributed by atoms with Crippen molar-refractivity contribution in [3.8, 4) is 11.1 Å². The Morgan fingerprint density at radius 3 is 3.06 bits per heavy atom. The lowest BCUT2D eigenvalue weighted by molar-refractivity contribution is 0.830. The first-order valence-corrected chi connectivity index (χ1v) is 6.12. The number of nitrogens with one attached hydrogen (secondary N) is 1. The lowest BCUT2D eigenvalue weighted by Gasteiger charge is -2.19. The molecule has 0 atom stereocenters. The highest BCUT2D eigenvalue weighted by atomic mass is 14.9. The molecule has 17 heavy (non-hydrogen) atoms. The number of hydrogen-bond acceptors (Lipinski definition) is 2. The molecule has 2 nitrogen and oxygen atoms in total. The van der Waals surface area contributed by atoms with Gasteiger partial charge in [0.25, 0.3) is 0 Å². The van der Waals surface area contributed by atoms with E-state index in [1.54, 1.807) is 0 Å².